The number of nitrogens with one attached hydrogen (secondary N) is 1. The smallest absolute Gasteiger partial charge is 0.263 e. The molecule has 0 bridgehead atoms. The Balaban J connectivity index is 1.75. The minimum Gasteiger partial charge on any atom is -0.394 e. The molecule has 1 heterocycles. The van der Waals surface area contributed by atoms with Gasteiger partial charge in [-0.2, -0.15) is 4.98 Å². The molecule has 6 nitrogen and oxygen atoms in total. The molecule has 0 radical (unpaired) electrons. The molecule has 1 amide bonds. The van der Waals surface area contributed by atoms with Crippen LogP contribution in [0.4, 0.5) is 8.78 Å². The number of aliphatic hydroxyl groups is 1. The van der Waals surface area contributed by atoms with Crippen LogP contribution in [-0.4, -0.2) is 27.8 Å². The molecule has 1 aromatic heterocycles. The van der Waals surface area contributed by atoms with Gasteiger partial charge in [-0.1, -0.05) is 47.6 Å². The fraction of sp³-hybridized carbons (Fsp3) is 0.167. The average Bonchev–Trinajstić information content (AvgIpc) is 3.16. The molecular formula is C18H15F2N3O3. The summed E-state index contributed by atoms with van der Waals surface area (Å²) >= 11 is 0. The highest BCUT2D eigenvalue weighted by Gasteiger charge is 2.21. The third-order valence-corrected chi connectivity index (χ3v) is 3.68. The van der Waals surface area contributed by atoms with Gasteiger partial charge in [0.05, 0.1) is 6.61 Å². The first-order valence-electron chi connectivity index (χ1n) is 7.77. The van der Waals surface area contributed by atoms with Crippen molar-refractivity contribution in [2.45, 2.75) is 12.5 Å². The van der Waals surface area contributed by atoms with E-state index in [1.165, 1.54) is 24.3 Å². The van der Waals surface area contributed by atoms with Crippen LogP contribution >= 0.6 is 0 Å². The van der Waals surface area contributed by atoms with Gasteiger partial charge in [0, 0.05) is 16.7 Å². The van der Waals surface area contributed by atoms with Crippen molar-refractivity contribution in [3.8, 4) is 11.4 Å². The fourth-order valence-electron chi connectivity index (χ4n) is 2.29. The maximum Gasteiger partial charge on any atom is 0.263 e. The van der Waals surface area contributed by atoms with Gasteiger partial charge in [-0.05, 0) is 12.1 Å². The molecule has 1 unspecified atom stereocenters. The lowest BCUT2D eigenvalue weighted by atomic mass is 10.1. The Bertz CT molecular complexity index is 867. The van der Waals surface area contributed by atoms with E-state index < -0.39 is 25.0 Å². The molecule has 26 heavy (non-hydrogen) atoms. The minimum absolute atomic E-state index is 0.0183. The zero-order valence-electron chi connectivity index (χ0n) is 13.5. The lowest BCUT2D eigenvalue weighted by Gasteiger charge is -2.11. The largest absolute Gasteiger partial charge is 0.394 e. The summed E-state index contributed by atoms with van der Waals surface area (Å²) in [7, 11) is 0. The minimum atomic E-state index is -2.56. The van der Waals surface area contributed by atoms with Crippen LogP contribution in [0.25, 0.3) is 11.4 Å². The Hall–Kier alpha value is -3.13. The predicted octanol–water partition coefficient (Wildman–Crippen LogP) is 3.14. The number of rotatable bonds is 6. The molecule has 0 aliphatic carbocycles. The van der Waals surface area contributed by atoms with Gasteiger partial charge in [-0.3, -0.25) is 4.79 Å². The van der Waals surface area contributed by atoms with Gasteiger partial charge in [-0.25, -0.2) is 8.78 Å². The lowest BCUT2D eigenvalue weighted by molar-refractivity contribution is 0.0901. The molecule has 0 aliphatic heterocycles. The second kappa shape index (κ2) is 7.83. The number of aliphatic hydroxyl groups excluding tert-OH is 1. The van der Waals surface area contributed by atoms with Crippen LogP contribution in [0, 0.1) is 0 Å². The number of halogens is 2. The van der Waals surface area contributed by atoms with Gasteiger partial charge < -0.3 is 14.9 Å². The molecule has 0 fully saturated rings. The molecule has 2 aromatic carbocycles. The van der Waals surface area contributed by atoms with Crippen LogP contribution in [0.5, 0.6) is 0 Å². The molecule has 0 saturated carbocycles. The maximum absolute atomic E-state index is 12.6. The van der Waals surface area contributed by atoms with Crippen molar-refractivity contribution in [1.82, 2.24) is 15.5 Å². The van der Waals surface area contributed by atoms with Crippen LogP contribution in [0.1, 0.15) is 34.3 Å². The zero-order chi connectivity index (χ0) is 18.5. The van der Waals surface area contributed by atoms with Crippen molar-refractivity contribution in [2.24, 2.45) is 0 Å². The summed E-state index contributed by atoms with van der Waals surface area (Å²) in [6.45, 7) is -0.440. The molecule has 1 atom stereocenters. The van der Waals surface area contributed by atoms with Crippen LogP contribution < -0.4 is 5.32 Å². The summed E-state index contributed by atoms with van der Waals surface area (Å²) < 4.78 is 30.3. The van der Waals surface area contributed by atoms with Gasteiger partial charge in [0.25, 0.3) is 18.2 Å². The predicted molar refractivity (Wildman–Crippen MR) is 88.4 cm³/mol. The summed E-state index contributed by atoms with van der Waals surface area (Å²) in [4.78, 5) is 16.3. The summed E-state index contributed by atoms with van der Waals surface area (Å²) in [5.74, 6) is -0.205. The van der Waals surface area contributed by atoms with Crippen molar-refractivity contribution in [2.75, 3.05) is 6.61 Å². The van der Waals surface area contributed by atoms with Gasteiger partial charge in [0.15, 0.2) is 0 Å². The van der Waals surface area contributed by atoms with Crippen LogP contribution in [0.3, 0.4) is 0 Å². The Morgan fingerprint density at radius 3 is 2.42 bits per heavy atom. The Kier molecular flexibility index (Phi) is 5.33. The van der Waals surface area contributed by atoms with Crippen LogP contribution in [0.15, 0.2) is 59.1 Å². The van der Waals surface area contributed by atoms with E-state index in [1.54, 1.807) is 30.3 Å². The number of alkyl halides is 2. The lowest BCUT2D eigenvalue weighted by Crippen LogP contribution is -2.31. The summed E-state index contributed by atoms with van der Waals surface area (Å²) in [5, 5.41) is 15.9. The van der Waals surface area contributed by atoms with Crippen LogP contribution in [-0.2, 0) is 0 Å². The summed E-state index contributed by atoms with van der Waals surface area (Å²) in [6, 6.07) is 13.1. The van der Waals surface area contributed by atoms with E-state index in [1.807, 2.05) is 0 Å². The SMILES string of the molecule is O=C(NC(CO)c1nc(-c2ccc(C(F)F)cc2)no1)c1ccccc1. The van der Waals surface area contributed by atoms with Gasteiger partial charge >= 0.3 is 0 Å². The number of carbonyl (C=O) groups is 1. The van der Waals surface area contributed by atoms with Gasteiger partial charge in [-0.15, -0.1) is 0 Å². The first-order valence-corrected chi connectivity index (χ1v) is 7.77. The summed E-state index contributed by atoms with van der Waals surface area (Å²) in [5.41, 5.74) is 0.796. The van der Waals surface area contributed by atoms with Crippen molar-refractivity contribution < 1.29 is 23.2 Å². The third kappa shape index (κ3) is 3.92. The molecule has 0 saturated heterocycles. The molecule has 0 spiro atoms. The molecule has 8 heteroatoms. The van der Waals surface area contributed by atoms with Gasteiger partial charge in [0.1, 0.15) is 6.04 Å². The van der Waals surface area contributed by atoms with Crippen molar-refractivity contribution >= 4 is 5.91 Å². The van der Waals surface area contributed by atoms with Crippen molar-refractivity contribution in [3.63, 3.8) is 0 Å². The van der Waals surface area contributed by atoms with Crippen molar-refractivity contribution in [1.29, 1.82) is 0 Å². The standard InChI is InChI=1S/C18H15F2N3O3/c19-15(20)11-6-8-12(9-7-11)16-22-18(26-23-16)14(10-24)21-17(25)13-4-2-1-3-5-13/h1-9,14-15,24H,10H2,(H,21,25). The number of nitrogens with zero attached hydrogens (tertiary/aromatic N) is 2. The number of aromatic nitrogens is 2. The van der Waals surface area contributed by atoms with Crippen LogP contribution in [0.2, 0.25) is 0 Å². The molecular weight excluding hydrogens is 344 g/mol. The van der Waals surface area contributed by atoms with Crippen molar-refractivity contribution in [3.05, 3.63) is 71.6 Å². The fourth-order valence-corrected chi connectivity index (χ4v) is 2.29. The summed E-state index contributed by atoms with van der Waals surface area (Å²) in [6.07, 6.45) is -2.56. The highest BCUT2D eigenvalue weighted by molar-refractivity contribution is 5.94. The Labute approximate surface area is 147 Å². The molecule has 0 aliphatic rings. The van der Waals surface area contributed by atoms with E-state index in [9.17, 15) is 18.7 Å². The Morgan fingerprint density at radius 1 is 1.12 bits per heavy atom. The van der Waals surface area contributed by atoms with E-state index in [2.05, 4.69) is 15.5 Å². The Morgan fingerprint density at radius 2 is 1.81 bits per heavy atom. The molecule has 3 aromatic rings. The number of hydrogen-bond donors (Lipinski definition) is 2. The first-order chi connectivity index (χ1) is 12.6. The number of hydrogen-bond acceptors (Lipinski definition) is 5. The van der Waals surface area contributed by atoms with E-state index >= 15 is 0 Å². The average molecular weight is 359 g/mol. The second-order valence-corrected chi connectivity index (χ2v) is 5.45. The highest BCUT2D eigenvalue weighted by atomic mass is 19.3. The monoisotopic (exact) mass is 359 g/mol. The molecule has 134 valence electrons. The van der Waals surface area contributed by atoms with E-state index in [4.69, 9.17) is 4.52 Å². The quantitative estimate of drug-likeness (QED) is 0.706. The third-order valence-electron chi connectivity index (χ3n) is 3.68. The number of amides is 1. The highest BCUT2D eigenvalue weighted by Crippen LogP contribution is 2.23. The maximum atomic E-state index is 12.6. The molecule has 3 rings (SSSR count). The van der Waals surface area contributed by atoms with E-state index in [0.717, 1.165) is 0 Å². The normalized spacial score (nSPS) is 12.2. The second-order valence-electron chi connectivity index (χ2n) is 5.45. The molecule has 2 N–H and O–H groups in total. The first kappa shape index (κ1) is 17.7. The number of benzene rings is 2. The van der Waals surface area contributed by atoms with E-state index in [-0.39, 0.29) is 17.3 Å². The van der Waals surface area contributed by atoms with Gasteiger partial charge in [0.2, 0.25) is 5.82 Å². The topological polar surface area (TPSA) is 88.2 Å². The number of carbonyl (C=O) groups excluding carboxylic acids is 1. The van der Waals surface area contributed by atoms with E-state index in [0.29, 0.717) is 11.1 Å². The zero-order valence-corrected chi connectivity index (χ0v) is 13.5.